The topological polar surface area (TPSA) is 71.8 Å². The van der Waals surface area contributed by atoms with E-state index in [1.807, 2.05) is 84.9 Å². The predicted molar refractivity (Wildman–Crippen MR) is 159 cm³/mol. The van der Waals surface area contributed by atoms with Crippen LogP contribution < -0.4 is 5.32 Å². The van der Waals surface area contributed by atoms with Crippen LogP contribution in [0.5, 0.6) is 0 Å². The first-order valence-electron chi connectivity index (χ1n) is 13.6. The third-order valence-electron chi connectivity index (χ3n) is 6.54. The van der Waals surface area contributed by atoms with Crippen LogP contribution >= 0.6 is 11.8 Å². The van der Waals surface area contributed by atoms with E-state index in [1.54, 1.807) is 18.0 Å². The van der Waals surface area contributed by atoms with Gasteiger partial charge in [0.05, 0.1) is 19.4 Å². The van der Waals surface area contributed by atoms with Gasteiger partial charge in [-0.3, -0.25) is 14.5 Å². The Morgan fingerprint density at radius 2 is 1.67 bits per heavy atom. The summed E-state index contributed by atoms with van der Waals surface area (Å²) in [7, 11) is 0. The fraction of sp³-hybridized carbons (Fsp3) is 0.438. The Morgan fingerprint density at radius 1 is 0.974 bits per heavy atom. The molecule has 0 saturated heterocycles. The number of furan rings is 1. The molecule has 0 aliphatic carbocycles. The van der Waals surface area contributed by atoms with Crippen molar-refractivity contribution in [1.29, 1.82) is 0 Å². The number of nitrogens with one attached hydrogen (secondary N) is 1. The summed E-state index contributed by atoms with van der Waals surface area (Å²) in [5, 5.41) is 3.05. The van der Waals surface area contributed by atoms with Gasteiger partial charge in [-0.1, -0.05) is 43.7 Å². The van der Waals surface area contributed by atoms with Crippen LogP contribution in [0.3, 0.4) is 0 Å². The van der Waals surface area contributed by atoms with Crippen molar-refractivity contribution in [1.82, 2.24) is 4.90 Å². The molecule has 0 bridgehead atoms. The van der Waals surface area contributed by atoms with Crippen molar-refractivity contribution in [3.8, 4) is 0 Å². The summed E-state index contributed by atoms with van der Waals surface area (Å²) in [5.41, 5.74) is 3.56. The van der Waals surface area contributed by atoms with Gasteiger partial charge in [0.1, 0.15) is 16.1 Å². The molecule has 1 amide bonds. The minimum Gasteiger partial charge on any atom is -0.468 e. The van der Waals surface area contributed by atoms with Gasteiger partial charge < -0.3 is 14.5 Å². The first-order chi connectivity index (χ1) is 18.4. The number of nitrogens with zero attached hydrogens (tertiary/aromatic N) is 1. The lowest BCUT2D eigenvalue weighted by Gasteiger charge is -2.32. The zero-order valence-electron chi connectivity index (χ0n) is 24.3. The van der Waals surface area contributed by atoms with Gasteiger partial charge in [0.15, 0.2) is 0 Å². The van der Waals surface area contributed by atoms with Gasteiger partial charge in [0, 0.05) is 17.1 Å². The molecule has 0 aliphatic rings. The van der Waals surface area contributed by atoms with Crippen LogP contribution in [0.1, 0.15) is 69.9 Å². The van der Waals surface area contributed by atoms with E-state index in [-0.39, 0.29) is 18.4 Å². The number of anilines is 1. The van der Waals surface area contributed by atoms with E-state index in [0.717, 1.165) is 33.0 Å². The van der Waals surface area contributed by atoms with E-state index in [0.29, 0.717) is 25.9 Å². The van der Waals surface area contributed by atoms with Crippen LogP contribution in [-0.4, -0.2) is 33.7 Å². The highest BCUT2D eigenvalue weighted by molar-refractivity contribution is 8.01. The summed E-state index contributed by atoms with van der Waals surface area (Å²) >= 11 is 1.56. The first kappa shape index (κ1) is 30.5. The molecule has 6 nitrogen and oxygen atoms in total. The maximum Gasteiger partial charge on any atom is 0.323 e. The average molecular weight is 551 g/mol. The van der Waals surface area contributed by atoms with Crippen molar-refractivity contribution < 1.29 is 18.7 Å². The molecule has 7 heteroatoms. The van der Waals surface area contributed by atoms with Gasteiger partial charge in [0.25, 0.3) is 0 Å². The van der Waals surface area contributed by atoms with Crippen molar-refractivity contribution in [3.63, 3.8) is 0 Å². The van der Waals surface area contributed by atoms with E-state index < -0.39 is 10.3 Å². The van der Waals surface area contributed by atoms with Gasteiger partial charge in [-0.25, -0.2) is 0 Å². The molecular formula is C32H42N2O4S. The fourth-order valence-corrected chi connectivity index (χ4v) is 5.52. The summed E-state index contributed by atoms with van der Waals surface area (Å²) < 4.78 is 10.7. The van der Waals surface area contributed by atoms with Crippen molar-refractivity contribution in [3.05, 3.63) is 83.3 Å². The van der Waals surface area contributed by atoms with Crippen molar-refractivity contribution in [2.75, 3.05) is 11.9 Å². The quantitative estimate of drug-likeness (QED) is 0.186. The smallest absolute Gasteiger partial charge is 0.323 e. The molecule has 0 unspecified atom stereocenters. The third-order valence-corrected chi connectivity index (χ3v) is 8.18. The van der Waals surface area contributed by atoms with Crippen LogP contribution in [0.2, 0.25) is 0 Å². The molecule has 0 radical (unpaired) electrons. The molecule has 1 aromatic heterocycles. The average Bonchev–Trinajstić information content (AvgIpc) is 3.37. The van der Waals surface area contributed by atoms with E-state index >= 15 is 0 Å². The molecule has 3 rings (SSSR count). The number of ether oxygens (including phenoxy) is 1. The fourth-order valence-electron chi connectivity index (χ4n) is 4.38. The van der Waals surface area contributed by atoms with Crippen LogP contribution in [0.15, 0.2) is 70.2 Å². The predicted octanol–water partition coefficient (Wildman–Crippen LogP) is 7.53. The lowest BCUT2D eigenvalue weighted by Crippen LogP contribution is -2.40. The third kappa shape index (κ3) is 9.01. The number of hydrogen-bond donors (Lipinski definition) is 1. The minimum atomic E-state index is -0.633. The van der Waals surface area contributed by atoms with Gasteiger partial charge in [-0.05, 0) is 88.9 Å². The van der Waals surface area contributed by atoms with Crippen LogP contribution in [0.25, 0.3) is 0 Å². The molecule has 0 saturated carbocycles. The zero-order chi connectivity index (χ0) is 28.6. The number of benzene rings is 2. The highest BCUT2D eigenvalue weighted by Crippen LogP contribution is 2.40. The summed E-state index contributed by atoms with van der Waals surface area (Å²) in [4.78, 5) is 29.1. The van der Waals surface area contributed by atoms with Crippen molar-refractivity contribution >= 4 is 29.3 Å². The van der Waals surface area contributed by atoms with Gasteiger partial charge in [0.2, 0.25) is 5.91 Å². The Kier molecular flexibility index (Phi) is 10.4. The zero-order valence-corrected chi connectivity index (χ0v) is 25.1. The molecule has 0 atom stereocenters. The van der Waals surface area contributed by atoms with Gasteiger partial charge >= 0.3 is 5.97 Å². The normalized spacial score (nSPS) is 12.0. The Morgan fingerprint density at radius 3 is 2.23 bits per heavy atom. The molecule has 0 fully saturated rings. The van der Waals surface area contributed by atoms with Crippen LogP contribution in [-0.2, 0) is 27.4 Å². The molecule has 39 heavy (non-hydrogen) atoms. The van der Waals surface area contributed by atoms with E-state index in [9.17, 15) is 9.59 Å². The highest BCUT2D eigenvalue weighted by Gasteiger charge is 2.39. The Balaban J connectivity index is 1.71. The molecule has 3 aromatic rings. The SMILES string of the molecule is CCC(CC)(Sc1ccc(CN(CC(=O)Nc2ccc(C)cc2C)Cc2ccco2)cc1)C(=O)OC(C)(C)C. The minimum absolute atomic E-state index is 0.0753. The summed E-state index contributed by atoms with van der Waals surface area (Å²) in [6, 6.07) is 18.0. The molecule has 2 aromatic carbocycles. The summed E-state index contributed by atoms with van der Waals surface area (Å²) in [5.74, 6) is 0.553. The second-order valence-electron chi connectivity index (χ2n) is 11.0. The lowest BCUT2D eigenvalue weighted by molar-refractivity contribution is -0.158. The number of hydrogen-bond acceptors (Lipinski definition) is 6. The van der Waals surface area contributed by atoms with E-state index in [1.165, 1.54) is 0 Å². The first-order valence-corrected chi connectivity index (χ1v) is 14.4. The standard InChI is InChI=1S/C32H42N2O4S/c1-8-32(9-2,30(36)38-31(5,6)7)39-27-15-13-25(14-16-27)20-34(21-26-11-10-18-37-26)22-29(35)33-28-17-12-23(3)19-24(28)4/h10-19H,8-9,20-22H2,1-7H3,(H,33,35). The molecule has 1 N–H and O–H groups in total. The van der Waals surface area contributed by atoms with Crippen LogP contribution in [0, 0.1) is 13.8 Å². The molecule has 0 aliphatic heterocycles. The maximum absolute atomic E-state index is 13.1. The van der Waals surface area contributed by atoms with Crippen molar-refractivity contribution in [2.24, 2.45) is 0 Å². The summed E-state index contributed by atoms with van der Waals surface area (Å²) in [6.07, 6.45) is 3.00. The number of amides is 1. The number of carbonyl (C=O) groups is 2. The van der Waals surface area contributed by atoms with Gasteiger partial charge in [-0.15, -0.1) is 11.8 Å². The Bertz CT molecular complexity index is 1230. The number of rotatable bonds is 12. The largest absolute Gasteiger partial charge is 0.468 e. The second-order valence-corrected chi connectivity index (χ2v) is 12.5. The number of carbonyl (C=O) groups excluding carboxylic acids is 2. The highest BCUT2D eigenvalue weighted by atomic mass is 32.2. The number of esters is 1. The van der Waals surface area contributed by atoms with Crippen molar-refractivity contribution in [2.45, 2.75) is 89.6 Å². The second kappa shape index (κ2) is 13.4. The summed E-state index contributed by atoms with van der Waals surface area (Å²) in [6.45, 7) is 15.1. The Labute approximate surface area is 237 Å². The maximum atomic E-state index is 13.1. The monoisotopic (exact) mass is 550 g/mol. The molecule has 0 spiro atoms. The van der Waals surface area contributed by atoms with Crippen LogP contribution in [0.4, 0.5) is 5.69 Å². The van der Waals surface area contributed by atoms with E-state index in [2.05, 4.69) is 28.4 Å². The number of thioether (sulfide) groups is 1. The Hall–Kier alpha value is -3.03. The van der Waals surface area contributed by atoms with E-state index in [4.69, 9.17) is 9.15 Å². The molecular weight excluding hydrogens is 508 g/mol. The number of aryl methyl sites for hydroxylation is 2. The lowest BCUT2D eigenvalue weighted by atomic mass is 10.0. The van der Waals surface area contributed by atoms with Gasteiger partial charge in [-0.2, -0.15) is 0 Å². The molecule has 1 heterocycles. The molecule has 210 valence electrons.